The largest absolute Gasteiger partial charge is 0.422 e. The molecule has 1 aliphatic heterocycles. The third-order valence-corrected chi connectivity index (χ3v) is 4.73. The lowest BCUT2D eigenvalue weighted by molar-refractivity contribution is -0.137. The molecule has 1 fully saturated rings. The Morgan fingerprint density at radius 3 is 2.55 bits per heavy atom. The van der Waals surface area contributed by atoms with Crippen LogP contribution >= 0.6 is 0 Å². The monoisotopic (exact) mass is 403 g/mol. The van der Waals surface area contributed by atoms with E-state index < -0.39 is 11.7 Å². The van der Waals surface area contributed by atoms with Crippen molar-refractivity contribution in [3.63, 3.8) is 0 Å². The minimum atomic E-state index is -4.40. The van der Waals surface area contributed by atoms with Crippen LogP contribution in [-0.4, -0.2) is 48.1 Å². The average Bonchev–Trinajstić information content (AvgIpc) is 3.19. The Hall–Kier alpha value is -3.07. The number of hydrogen-bond acceptors (Lipinski definition) is 6. The van der Waals surface area contributed by atoms with E-state index in [2.05, 4.69) is 32.1 Å². The molecule has 0 spiro atoms. The summed E-state index contributed by atoms with van der Waals surface area (Å²) < 4.78 is 44.6. The smallest absolute Gasteiger partial charge is 0.416 e. The lowest BCUT2D eigenvalue weighted by Gasteiger charge is -2.31. The Morgan fingerprint density at radius 2 is 1.79 bits per heavy atom. The molecule has 0 atom stereocenters. The number of piperazine rings is 1. The van der Waals surface area contributed by atoms with Crippen LogP contribution in [0.5, 0.6) is 0 Å². The van der Waals surface area contributed by atoms with E-state index in [0.29, 0.717) is 29.0 Å². The topological polar surface area (TPSA) is 57.4 Å². The zero-order chi connectivity index (χ0) is 20.4. The number of aromatic nitrogens is 2. The highest BCUT2D eigenvalue weighted by molar-refractivity contribution is 5.61. The number of likely N-dealkylation sites (N-methyl/N-ethyl adjacent to an activating group) is 1. The van der Waals surface area contributed by atoms with Crippen LogP contribution in [0.4, 0.5) is 30.7 Å². The first kappa shape index (κ1) is 19.3. The summed E-state index contributed by atoms with van der Waals surface area (Å²) in [7, 11) is 2.07. The predicted octanol–water partition coefficient (Wildman–Crippen LogP) is 4.25. The van der Waals surface area contributed by atoms with Gasteiger partial charge in [-0.25, -0.2) is 9.97 Å². The highest BCUT2D eigenvalue weighted by Gasteiger charge is 2.30. The van der Waals surface area contributed by atoms with Gasteiger partial charge < -0.3 is 19.5 Å². The van der Waals surface area contributed by atoms with Crippen molar-refractivity contribution in [2.45, 2.75) is 6.18 Å². The molecule has 152 valence electrons. The normalized spacial score (nSPS) is 15.5. The van der Waals surface area contributed by atoms with Gasteiger partial charge in [0, 0.05) is 31.9 Å². The molecule has 1 aliphatic rings. The van der Waals surface area contributed by atoms with E-state index in [1.54, 1.807) is 30.5 Å². The Bertz CT molecular complexity index is 980. The van der Waals surface area contributed by atoms with Crippen molar-refractivity contribution in [1.82, 2.24) is 14.9 Å². The summed E-state index contributed by atoms with van der Waals surface area (Å²) in [6.45, 7) is 3.54. The Kier molecular flexibility index (Phi) is 5.14. The standard InChI is InChI=1S/C20H20F3N5O/c1-27-8-10-28(11-9-27)19-24-13-17(29-19)16-6-3-7-18(26-16)25-15-5-2-4-14(12-15)20(21,22)23/h2-7,12-13H,8-11H2,1H3,(H,25,26). The zero-order valence-electron chi connectivity index (χ0n) is 15.8. The van der Waals surface area contributed by atoms with Crippen molar-refractivity contribution >= 4 is 17.5 Å². The van der Waals surface area contributed by atoms with Gasteiger partial charge in [-0.2, -0.15) is 13.2 Å². The van der Waals surface area contributed by atoms with Crippen LogP contribution < -0.4 is 10.2 Å². The SMILES string of the molecule is CN1CCN(c2ncc(-c3cccc(Nc4cccc(C(F)(F)F)c4)n3)o2)CC1. The summed E-state index contributed by atoms with van der Waals surface area (Å²) in [5, 5.41) is 2.91. The number of alkyl halides is 3. The minimum absolute atomic E-state index is 0.306. The van der Waals surface area contributed by atoms with Gasteiger partial charge in [0.05, 0.1) is 11.8 Å². The van der Waals surface area contributed by atoms with Crippen LogP contribution in [0.3, 0.4) is 0 Å². The van der Waals surface area contributed by atoms with Crippen LogP contribution in [0.2, 0.25) is 0 Å². The quantitative estimate of drug-likeness (QED) is 0.703. The molecule has 1 saturated heterocycles. The molecule has 0 radical (unpaired) electrons. The molecule has 2 aromatic heterocycles. The zero-order valence-corrected chi connectivity index (χ0v) is 15.8. The molecule has 4 rings (SSSR count). The van der Waals surface area contributed by atoms with Crippen molar-refractivity contribution in [2.24, 2.45) is 0 Å². The van der Waals surface area contributed by atoms with Crippen molar-refractivity contribution in [2.75, 3.05) is 43.4 Å². The maximum Gasteiger partial charge on any atom is 0.416 e. The number of rotatable bonds is 4. The van der Waals surface area contributed by atoms with E-state index in [9.17, 15) is 13.2 Å². The Balaban J connectivity index is 1.51. The summed E-state index contributed by atoms with van der Waals surface area (Å²) in [4.78, 5) is 13.1. The fourth-order valence-electron chi connectivity index (χ4n) is 3.09. The Labute approximate surface area is 166 Å². The minimum Gasteiger partial charge on any atom is -0.422 e. The highest BCUT2D eigenvalue weighted by atomic mass is 19.4. The maximum atomic E-state index is 12.9. The molecule has 6 nitrogen and oxygen atoms in total. The predicted molar refractivity (Wildman–Crippen MR) is 104 cm³/mol. The van der Waals surface area contributed by atoms with Crippen molar-refractivity contribution < 1.29 is 17.6 Å². The molecular weight excluding hydrogens is 383 g/mol. The van der Waals surface area contributed by atoms with Crippen molar-refractivity contribution in [3.05, 3.63) is 54.2 Å². The number of nitrogens with one attached hydrogen (secondary N) is 1. The third kappa shape index (κ3) is 4.51. The number of halogens is 3. The lowest BCUT2D eigenvalue weighted by Crippen LogP contribution is -2.44. The van der Waals surface area contributed by atoms with Gasteiger partial charge in [-0.3, -0.25) is 0 Å². The molecule has 9 heteroatoms. The average molecular weight is 403 g/mol. The van der Waals surface area contributed by atoms with E-state index in [-0.39, 0.29) is 0 Å². The first-order valence-corrected chi connectivity index (χ1v) is 9.19. The van der Waals surface area contributed by atoms with Gasteiger partial charge in [-0.15, -0.1) is 0 Å². The van der Waals surface area contributed by atoms with E-state index >= 15 is 0 Å². The molecule has 0 unspecified atom stereocenters. The summed E-state index contributed by atoms with van der Waals surface area (Å²) >= 11 is 0. The highest BCUT2D eigenvalue weighted by Crippen LogP contribution is 2.31. The van der Waals surface area contributed by atoms with Gasteiger partial charge >= 0.3 is 6.18 Å². The molecule has 0 bridgehead atoms. The fourth-order valence-corrected chi connectivity index (χ4v) is 3.09. The summed E-state index contributed by atoms with van der Waals surface area (Å²) in [6.07, 6.45) is -2.78. The molecule has 0 aliphatic carbocycles. The number of benzene rings is 1. The van der Waals surface area contributed by atoms with Gasteiger partial charge in [0.1, 0.15) is 11.5 Å². The van der Waals surface area contributed by atoms with Crippen LogP contribution in [0, 0.1) is 0 Å². The summed E-state index contributed by atoms with van der Waals surface area (Å²) in [6, 6.07) is 10.8. The van der Waals surface area contributed by atoms with Crippen molar-refractivity contribution in [3.8, 4) is 11.5 Å². The van der Waals surface area contributed by atoms with Crippen molar-refractivity contribution in [1.29, 1.82) is 0 Å². The van der Waals surface area contributed by atoms with Gasteiger partial charge in [-0.1, -0.05) is 12.1 Å². The second-order valence-electron chi connectivity index (χ2n) is 6.91. The first-order chi connectivity index (χ1) is 13.9. The number of pyridine rings is 1. The molecule has 29 heavy (non-hydrogen) atoms. The second kappa shape index (κ2) is 7.75. The van der Waals surface area contributed by atoms with E-state index in [0.717, 1.165) is 38.3 Å². The lowest BCUT2D eigenvalue weighted by atomic mass is 10.2. The molecule has 3 heterocycles. The fraction of sp³-hybridized carbons (Fsp3) is 0.300. The van der Waals surface area contributed by atoms with Gasteiger partial charge in [-0.05, 0) is 37.4 Å². The number of anilines is 3. The molecule has 0 amide bonds. The Morgan fingerprint density at radius 1 is 1.03 bits per heavy atom. The molecule has 0 saturated carbocycles. The molecular formula is C20H20F3N5O. The first-order valence-electron chi connectivity index (χ1n) is 9.19. The second-order valence-corrected chi connectivity index (χ2v) is 6.91. The van der Waals surface area contributed by atoms with Crippen LogP contribution in [0.25, 0.3) is 11.5 Å². The van der Waals surface area contributed by atoms with E-state index in [4.69, 9.17) is 4.42 Å². The van der Waals surface area contributed by atoms with Gasteiger partial charge in [0.15, 0.2) is 5.76 Å². The van der Waals surface area contributed by atoms with E-state index in [1.807, 2.05) is 0 Å². The third-order valence-electron chi connectivity index (χ3n) is 4.73. The summed E-state index contributed by atoms with van der Waals surface area (Å²) in [5.41, 5.74) is 0.140. The maximum absolute atomic E-state index is 12.9. The van der Waals surface area contributed by atoms with Gasteiger partial charge in [0.2, 0.25) is 0 Å². The number of hydrogen-bond donors (Lipinski definition) is 1. The van der Waals surface area contributed by atoms with Crippen LogP contribution in [-0.2, 0) is 6.18 Å². The number of oxazole rings is 1. The van der Waals surface area contributed by atoms with Crippen LogP contribution in [0.15, 0.2) is 53.1 Å². The number of nitrogens with zero attached hydrogens (tertiary/aromatic N) is 4. The molecule has 1 N–H and O–H groups in total. The van der Waals surface area contributed by atoms with E-state index in [1.165, 1.54) is 6.07 Å². The van der Waals surface area contributed by atoms with Gasteiger partial charge in [0.25, 0.3) is 6.01 Å². The molecule has 1 aromatic carbocycles. The molecule has 3 aromatic rings. The summed E-state index contributed by atoms with van der Waals surface area (Å²) in [5.74, 6) is 0.922. The van der Waals surface area contributed by atoms with Crippen LogP contribution in [0.1, 0.15) is 5.56 Å².